The number of methoxy groups -OCH3 is 1. The second-order valence-corrected chi connectivity index (χ2v) is 6.37. The van der Waals surface area contributed by atoms with Gasteiger partial charge >= 0.3 is 12.1 Å². The van der Waals surface area contributed by atoms with Crippen molar-refractivity contribution in [2.24, 2.45) is 0 Å². The van der Waals surface area contributed by atoms with E-state index in [1.165, 1.54) is 31.4 Å². The van der Waals surface area contributed by atoms with Gasteiger partial charge in [-0.05, 0) is 36.8 Å². The molecular weight excluding hydrogens is 393 g/mol. The number of hydrogen-bond donors (Lipinski definition) is 0. The van der Waals surface area contributed by atoms with Gasteiger partial charge in [0.2, 0.25) is 0 Å². The molecule has 0 aliphatic carbocycles. The van der Waals surface area contributed by atoms with Crippen molar-refractivity contribution in [1.29, 1.82) is 0 Å². The highest BCUT2D eigenvalue weighted by molar-refractivity contribution is 6.32. The number of aryl methyl sites for hydroxylation is 1. The molecule has 0 unspecified atom stereocenters. The van der Waals surface area contributed by atoms with Crippen molar-refractivity contribution in [3.8, 4) is 0 Å². The van der Waals surface area contributed by atoms with Crippen molar-refractivity contribution in [2.75, 3.05) is 7.11 Å². The summed E-state index contributed by atoms with van der Waals surface area (Å²) in [5, 5.41) is 0.000801. The lowest BCUT2D eigenvalue weighted by Crippen LogP contribution is -2.07. The number of fused-ring (bicyclic) bond motifs is 1. The van der Waals surface area contributed by atoms with Gasteiger partial charge in [-0.3, -0.25) is 0 Å². The van der Waals surface area contributed by atoms with E-state index < -0.39 is 17.7 Å². The van der Waals surface area contributed by atoms with Gasteiger partial charge in [-0.25, -0.2) is 9.78 Å². The molecular formula is C20H16ClF3N2O2. The standard InChI is InChI=1S/C20H16ClF3N2O2/c1-3-17-16(25-18-11-12(19(27)28-2)9-10-26(17)18)8-7-13-14(20(22,23)24)5-4-6-15(13)21/h4-11H,3H2,1-2H3/b8-7+. The molecule has 0 N–H and O–H groups in total. The van der Waals surface area contributed by atoms with Gasteiger partial charge in [0.25, 0.3) is 0 Å². The number of carbonyl (C=O) groups is 1. The quantitative estimate of drug-likeness (QED) is 0.533. The maximum atomic E-state index is 13.3. The van der Waals surface area contributed by atoms with Crippen LogP contribution in [0.5, 0.6) is 0 Å². The van der Waals surface area contributed by atoms with Gasteiger partial charge in [-0.2, -0.15) is 13.2 Å². The van der Waals surface area contributed by atoms with E-state index in [-0.39, 0.29) is 10.6 Å². The molecule has 0 aliphatic rings. The summed E-state index contributed by atoms with van der Waals surface area (Å²) in [5.74, 6) is -0.494. The number of esters is 1. The number of alkyl halides is 3. The highest BCUT2D eigenvalue weighted by atomic mass is 35.5. The molecule has 0 aliphatic heterocycles. The van der Waals surface area contributed by atoms with Gasteiger partial charge in [0.1, 0.15) is 5.65 Å². The number of aromatic nitrogens is 2. The van der Waals surface area contributed by atoms with Gasteiger partial charge in [0.05, 0.1) is 23.9 Å². The third-order valence-electron chi connectivity index (χ3n) is 4.28. The topological polar surface area (TPSA) is 43.6 Å². The summed E-state index contributed by atoms with van der Waals surface area (Å²) in [6, 6.07) is 6.82. The van der Waals surface area contributed by atoms with E-state index >= 15 is 0 Å². The fourth-order valence-corrected chi connectivity index (χ4v) is 3.20. The molecule has 2 heterocycles. The van der Waals surface area contributed by atoms with Crippen LogP contribution >= 0.6 is 11.6 Å². The smallest absolute Gasteiger partial charge is 0.417 e. The molecule has 0 radical (unpaired) electrons. The SMILES string of the molecule is CCc1c(/C=C/c2c(Cl)cccc2C(F)(F)F)nc2cc(C(=O)OC)ccn12. The molecule has 0 saturated heterocycles. The largest absolute Gasteiger partial charge is 0.465 e. The first-order chi connectivity index (χ1) is 13.3. The lowest BCUT2D eigenvalue weighted by Gasteiger charge is -2.11. The lowest BCUT2D eigenvalue weighted by atomic mass is 10.1. The van der Waals surface area contributed by atoms with Crippen LogP contribution in [-0.4, -0.2) is 22.5 Å². The summed E-state index contributed by atoms with van der Waals surface area (Å²) in [4.78, 5) is 16.1. The summed E-state index contributed by atoms with van der Waals surface area (Å²) in [6.45, 7) is 1.91. The Labute approximate surface area is 164 Å². The van der Waals surface area contributed by atoms with Crippen LogP contribution in [0.15, 0.2) is 36.5 Å². The number of hydrogen-bond acceptors (Lipinski definition) is 3. The third kappa shape index (κ3) is 3.75. The van der Waals surface area contributed by atoms with Gasteiger partial charge in [-0.15, -0.1) is 0 Å². The zero-order valence-corrected chi connectivity index (χ0v) is 15.8. The van der Waals surface area contributed by atoms with Crippen molar-refractivity contribution in [3.05, 3.63) is 69.6 Å². The van der Waals surface area contributed by atoms with E-state index in [0.29, 0.717) is 23.3 Å². The zero-order valence-electron chi connectivity index (χ0n) is 15.0. The zero-order chi connectivity index (χ0) is 20.5. The Morgan fingerprint density at radius 2 is 2.04 bits per heavy atom. The van der Waals surface area contributed by atoms with Crippen molar-refractivity contribution in [1.82, 2.24) is 9.38 Å². The van der Waals surface area contributed by atoms with Crippen LogP contribution in [0.1, 0.15) is 39.8 Å². The maximum absolute atomic E-state index is 13.3. The van der Waals surface area contributed by atoms with Crippen molar-refractivity contribution in [2.45, 2.75) is 19.5 Å². The van der Waals surface area contributed by atoms with Crippen LogP contribution in [0.25, 0.3) is 17.8 Å². The Kier molecular flexibility index (Phi) is 5.47. The molecule has 4 nitrogen and oxygen atoms in total. The first-order valence-corrected chi connectivity index (χ1v) is 8.77. The minimum absolute atomic E-state index is 0.000801. The fraction of sp³-hybridized carbons (Fsp3) is 0.200. The predicted molar refractivity (Wildman–Crippen MR) is 101 cm³/mol. The Morgan fingerprint density at radius 1 is 1.29 bits per heavy atom. The second kappa shape index (κ2) is 7.67. The van der Waals surface area contributed by atoms with Gasteiger partial charge in [-0.1, -0.05) is 30.7 Å². The third-order valence-corrected chi connectivity index (χ3v) is 4.61. The lowest BCUT2D eigenvalue weighted by molar-refractivity contribution is -0.137. The molecule has 0 bridgehead atoms. The molecule has 0 spiro atoms. The molecule has 0 atom stereocenters. The van der Waals surface area contributed by atoms with Crippen LogP contribution < -0.4 is 0 Å². The normalized spacial score (nSPS) is 12.1. The Morgan fingerprint density at radius 3 is 2.68 bits per heavy atom. The summed E-state index contributed by atoms with van der Waals surface area (Å²) in [5.41, 5.74) is 1.19. The van der Waals surface area contributed by atoms with E-state index in [4.69, 9.17) is 16.3 Å². The Hall–Kier alpha value is -2.80. The molecule has 2 aromatic heterocycles. The summed E-state index contributed by atoms with van der Waals surface area (Å²) < 4.78 is 46.3. The Balaban J connectivity index is 2.09. The first kappa shape index (κ1) is 19.9. The molecule has 146 valence electrons. The minimum Gasteiger partial charge on any atom is -0.465 e. The van der Waals surface area contributed by atoms with E-state index in [1.807, 2.05) is 6.92 Å². The fourth-order valence-electron chi connectivity index (χ4n) is 2.96. The summed E-state index contributed by atoms with van der Waals surface area (Å²) in [6.07, 6.45) is 0.564. The molecule has 0 amide bonds. The van der Waals surface area contributed by atoms with E-state index in [2.05, 4.69) is 4.98 Å². The number of nitrogens with zero attached hydrogens (tertiary/aromatic N) is 2. The van der Waals surface area contributed by atoms with Crippen LogP contribution in [0.2, 0.25) is 5.02 Å². The molecule has 0 fully saturated rings. The average Bonchev–Trinajstić information content (AvgIpc) is 3.01. The highest BCUT2D eigenvalue weighted by Gasteiger charge is 2.33. The van der Waals surface area contributed by atoms with Crippen molar-refractivity contribution in [3.63, 3.8) is 0 Å². The van der Waals surface area contributed by atoms with Crippen LogP contribution in [-0.2, 0) is 17.3 Å². The molecule has 8 heteroatoms. The highest BCUT2D eigenvalue weighted by Crippen LogP contribution is 2.36. The second-order valence-electron chi connectivity index (χ2n) is 5.96. The van der Waals surface area contributed by atoms with Crippen LogP contribution in [0.4, 0.5) is 13.2 Å². The molecule has 1 aromatic carbocycles. The van der Waals surface area contributed by atoms with Gasteiger partial charge in [0.15, 0.2) is 0 Å². The van der Waals surface area contributed by atoms with Crippen molar-refractivity contribution >= 4 is 35.4 Å². The Bertz CT molecular complexity index is 1070. The van der Waals surface area contributed by atoms with Crippen molar-refractivity contribution < 1.29 is 22.7 Å². The van der Waals surface area contributed by atoms with E-state index in [1.54, 1.807) is 22.7 Å². The summed E-state index contributed by atoms with van der Waals surface area (Å²) >= 11 is 6.00. The van der Waals surface area contributed by atoms with E-state index in [0.717, 1.165) is 11.8 Å². The van der Waals surface area contributed by atoms with Gasteiger partial charge in [0, 0.05) is 22.5 Å². The van der Waals surface area contributed by atoms with E-state index in [9.17, 15) is 18.0 Å². The number of halogens is 4. The average molecular weight is 409 g/mol. The summed E-state index contributed by atoms with van der Waals surface area (Å²) in [7, 11) is 1.28. The van der Waals surface area contributed by atoms with Crippen LogP contribution in [0, 0.1) is 0 Å². The molecule has 0 saturated carbocycles. The first-order valence-electron chi connectivity index (χ1n) is 8.39. The monoisotopic (exact) mass is 408 g/mol. The van der Waals surface area contributed by atoms with Gasteiger partial charge < -0.3 is 9.14 Å². The minimum atomic E-state index is -4.52. The molecule has 3 aromatic rings. The number of carbonyl (C=O) groups excluding carboxylic acids is 1. The number of pyridine rings is 1. The predicted octanol–water partition coefficient (Wildman–Crippen LogP) is 5.53. The number of benzene rings is 1. The molecule has 28 heavy (non-hydrogen) atoms. The molecule has 3 rings (SSSR count). The van der Waals surface area contributed by atoms with Crippen LogP contribution in [0.3, 0.4) is 0 Å². The number of rotatable bonds is 4. The number of imidazole rings is 1. The maximum Gasteiger partial charge on any atom is 0.417 e. The number of ether oxygens (including phenoxy) is 1.